The highest BCUT2D eigenvalue weighted by atomic mass is 32.1. The van der Waals surface area contributed by atoms with Crippen LogP contribution in [-0.4, -0.2) is 49.2 Å². The van der Waals surface area contributed by atoms with Crippen LogP contribution in [0.1, 0.15) is 49.7 Å². The minimum atomic E-state index is 0.487. The van der Waals surface area contributed by atoms with Crippen molar-refractivity contribution in [1.29, 1.82) is 0 Å². The zero-order chi connectivity index (χ0) is 14.8. The first kappa shape index (κ1) is 15.3. The molecular formula is C16H28N4S. The number of fused-ring (bicyclic) bond motifs is 1. The number of hydrogen-bond acceptors (Lipinski definition) is 5. The molecule has 118 valence electrons. The zero-order valence-corrected chi connectivity index (χ0v) is 14.4. The first-order valence-electron chi connectivity index (χ1n) is 8.37. The molecule has 1 N–H and O–H groups in total. The molecule has 3 rings (SSSR count). The highest BCUT2D eigenvalue weighted by Crippen LogP contribution is 2.37. The first-order chi connectivity index (χ1) is 10.2. The van der Waals surface area contributed by atoms with Gasteiger partial charge in [0.05, 0.1) is 11.7 Å². The Morgan fingerprint density at radius 3 is 3.00 bits per heavy atom. The molecule has 0 radical (unpaired) electrons. The highest BCUT2D eigenvalue weighted by Gasteiger charge is 2.29. The lowest BCUT2D eigenvalue weighted by Gasteiger charge is -2.38. The molecule has 0 spiro atoms. The number of thiazole rings is 1. The Kier molecular flexibility index (Phi) is 4.82. The number of hydrogen-bond donors (Lipinski definition) is 1. The molecule has 2 unspecified atom stereocenters. The number of anilines is 1. The van der Waals surface area contributed by atoms with E-state index in [-0.39, 0.29) is 0 Å². The lowest BCUT2D eigenvalue weighted by atomic mass is 9.97. The van der Waals surface area contributed by atoms with Gasteiger partial charge in [0.15, 0.2) is 5.13 Å². The van der Waals surface area contributed by atoms with E-state index in [9.17, 15) is 0 Å². The smallest absolute Gasteiger partial charge is 0.186 e. The Labute approximate surface area is 132 Å². The van der Waals surface area contributed by atoms with Gasteiger partial charge in [-0.25, -0.2) is 4.98 Å². The van der Waals surface area contributed by atoms with Crippen molar-refractivity contribution in [3.8, 4) is 0 Å². The number of nitrogens with zero attached hydrogens (tertiary/aromatic N) is 3. The fraction of sp³-hybridized carbons (Fsp3) is 0.812. The molecule has 4 nitrogen and oxygen atoms in total. The largest absolute Gasteiger partial charge is 0.343 e. The van der Waals surface area contributed by atoms with Gasteiger partial charge in [-0.05, 0) is 46.2 Å². The Balaban J connectivity index is 1.78. The predicted octanol–water partition coefficient (Wildman–Crippen LogP) is 2.66. The standard InChI is InChI=1S/C16H28N4S/c1-4-8-17-13-6-5-7-14-15(13)18-16(21-14)20-10-9-19(3)11-12(20)2/h12-13,17H,4-11H2,1-3H3. The topological polar surface area (TPSA) is 31.4 Å². The summed E-state index contributed by atoms with van der Waals surface area (Å²) in [4.78, 5) is 11.5. The van der Waals surface area contributed by atoms with Crippen LogP contribution in [0.25, 0.3) is 0 Å². The van der Waals surface area contributed by atoms with E-state index in [0.29, 0.717) is 12.1 Å². The molecule has 2 atom stereocenters. The summed E-state index contributed by atoms with van der Waals surface area (Å²) in [5.41, 5.74) is 1.35. The lowest BCUT2D eigenvalue weighted by Crippen LogP contribution is -2.50. The van der Waals surface area contributed by atoms with Gasteiger partial charge in [-0.3, -0.25) is 0 Å². The fourth-order valence-electron chi connectivity index (χ4n) is 3.47. The molecule has 1 aliphatic heterocycles. The van der Waals surface area contributed by atoms with Crippen molar-refractivity contribution in [2.24, 2.45) is 0 Å². The van der Waals surface area contributed by atoms with Crippen LogP contribution in [-0.2, 0) is 6.42 Å². The van der Waals surface area contributed by atoms with Gasteiger partial charge in [0.25, 0.3) is 0 Å². The normalized spacial score (nSPS) is 26.9. The Hall–Kier alpha value is -0.650. The van der Waals surface area contributed by atoms with E-state index < -0.39 is 0 Å². The van der Waals surface area contributed by atoms with Gasteiger partial charge in [0.2, 0.25) is 0 Å². The van der Waals surface area contributed by atoms with Gasteiger partial charge in [0, 0.05) is 30.6 Å². The summed E-state index contributed by atoms with van der Waals surface area (Å²) in [5, 5.41) is 4.93. The van der Waals surface area contributed by atoms with Crippen LogP contribution < -0.4 is 10.2 Å². The molecule has 1 aromatic rings. The molecule has 1 fully saturated rings. The van der Waals surface area contributed by atoms with Crippen LogP contribution in [0.3, 0.4) is 0 Å². The minimum Gasteiger partial charge on any atom is -0.343 e. The van der Waals surface area contributed by atoms with Gasteiger partial charge in [-0.2, -0.15) is 0 Å². The second-order valence-corrected chi connectivity index (χ2v) is 7.57. The molecule has 2 aliphatic rings. The zero-order valence-electron chi connectivity index (χ0n) is 13.6. The molecule has 5 heteroatoms. The number of rotatable bonds is 4. The van der Waals surface area contributed by atoms with E-state index in [0.717, 1.165) is 26.2 Å². The molecule has 1 aliphatic carbocycles. The first-order valence-corrected chi connectivity index (χ1v) is 9.19. The summed E-state index contributed by atoms with van der Waals surface area (Å²) in [7, 11) is 2.21. The van der Waals surface area contributed by atoms with Crippen LogP contribution in [0, 0.1) is 0 Å². The molecule has 0 bridgehead atoms. The van der Waals surface area contributed by atoms with E-state index in [1.807, 2.05) is 11.3 Å². The average molecular weight is 308 g/mol. The molecule has 1 aromatic heterocycles. The van der Waals surface area contributed by atoms with Gasteiger partial charge in [-0.1, -0.05) is 6.92 Å². The van der Waals surface area contributed by atoms with Crippen molar-refractivity contribution >= 4 is 16.5 Å². The summed E-state index contributed by atoms with van der Waals surface area (Å²) in [6.45, 7) is 9.05. The molecule has 0 amide bonds. The third-order valence-corrected chi connectivity index (χ3v) is 5.83. The summed E-state index contributed by atoms with van der Waals surface area (Å²) in [5.74, 6) is 0. The van der Waals surface area contributed by atoms with Gasteiger partial charge >= 0.3 is 0 Å². The van der Waals surface area contributed by atoms with Crippen LogP contribution in [0.15, 0.2) is 0 Å². The summed E-state index contributed by atoms with van der Waals surface area (Å²) < 4.78 is 0. The maximum absolute atomic E-state index is 5.05. The van der Waals surface area contributed by atoms with E-state index in [1.165, 1.54) is 41.4 Å². The minimum absolute atomic E-state index is 0.487. The van der Waals surface area contributed by atoms with Crippen molar-refractivity contribution in [2.45, 2.75) is 51.6 Å². The number of aromatic nitrogens is 1. The molecule has 0 aromatic carbocycles. The van der Waals surface area contributed by atoms with Gasteiger partial charge in [0.1, 0.15) is 0 Å². The third kappa shape index (κ3) is 3.25. The highest BCUT2D eigenvalue weighted by molar-refractivity contribution is 7.15. The average Bonchev–Trinajstić information content (AvgIpc) is 2.89. The monoisotopic (exact) mass is 308 g/mol. The van der Waals surface area contributed by atoms with Crippen molar-refractivity contribution < 1.29 is 0 Å². The molecule has 0 saturated carbocycles. The lowest BCUT2D eigenvalue weighted by molar-refractivity contribution is 0.275. The van der Waals surface area contributed by atoms with E-state index in [4.69, 9.17) is 4.98 Å². The van der Waals surface area contributed by atoms with Crippen molar-refractivity contribution in [2.75, 3.05) is 38.1 Å². The molecule has 21 heavy (non-hydrogen) atoms. The number of piperazine rings is 1. The van der Waals surface area contributed by atoms with Crippen LogP contribution in [0.2, 0.25) is 0 Å². The maximum Gasteiger partial charge on any atom is 0.186 e. The molecule has 1 saturated heterocycles. The second-order valence-electron chi connectivity index (χ2n) is 6.51. The van der Waals surface area contributed by atoms with Crippen LogP contribution in [0.5, 0.6) is 0 Å². The molecule has 2 heterocycles. The van der Waals surface area contributed by atoms with Gasteiger partial charge in [-0.15, -0.1) is 11.3 Å². The molecular weight excluding hydrogens is 280 g/mol. The van der Waals surface area contributed by atoms with E-state index in [1.54, 1.807) is 0 Å². The van der Waals surface area contributed by atoms with Crippen molar-refractivity contribution in [1.82, 2.24) is 15.2 Å². The Bertz CT molecular complexity index is 473. The summed E-state index contributed by atoms with van der Waals surface area (Å²) >= 11 is 1.94. The van der Waals surface area contributed by atoms with E-state index in [2.05, 4.69) is 36.0 Å². The Morgan fingerprint density at radius 1 is 1.38 bits per heavy atom. The number of nitrogens with one attached hydrogen (secondary N) is 1. The number of aryl methyl sites for hydroxylation is 1. The second kappa shape index (κ2) is 6.63. The van der Waals surface area contributed by atoms with Gasteiger partial charge < -0.3 is 15.1 Å². The van der Waals surface area contributed by atoms with Crippen LogP contribution >= 0.6 is 11.3 Å². The quantitative estimate of drug-likeness (QED) is 0.926. The SMILES string of the molecule is CCCNC1CCCc2sc(N3CCN(C)CC3C)nc21. The summed E-state index contributed by atoms with van der Waals surface area (Å²) in [6.07, 6.45) is 4.96. The Morgan fingerprint density at radius 2 is 2.24 bits per heavy atom. The fourth-order valence-corrected chi connectivity index (χ4v) is 4.76. The maximum atomic E-state index is 5.05. The predicted molar refractivity (Wildman–Crippen MR) is 90.4 cm³/mol. The van der Waals surface area contributed by atoms with Crippen LogP contribution in [0.4, 0.5) is 5.13 Å². The number of likely N-dealkylation sites (N-methyl/N-ethyl adjacent to an activating group) is 1. The van der Waals surface area contributed by atoms with Crippen molar-refractivity contribution in [3.63, 3.8) is 0 Å². The van der Waals surface area contributed by atoms with Crippen molar-refractivity contribution in [3.05, 3.63) is 10.6 Å². The summed E-state index contributed by atoms with van der Waals surface area (Å²) in [6, 6.07) is 1.06. The third-order valence-electron chi connectivity index (χ3n) is 4.66. The van der Waals surface area contributed by atoms with E-state index >= 15 is 0 Å².